The Bertz CT molecular complexity index is 259. The standard InChI is InChI=1S/C8H9F2N.C2H6/c1-5(2)6-3-7(9)8(10)11-4-6;1-2/h3-5H,1-2H3;1-2H3. The second-order valence-corrected chi connectivity index (χ2v) is 2.70. The number of halogens is 2. The van der Waals surface area contributed by atoms with E-state index in [1.165, 1.54) is 12.3 Å². The van der Waals surface area contributed by atoms with Crippen molar-refractivity contribution >= 4 is 0 Å². The Morgan fingerprint density at radius 3 is 2.15 bits per heavy atom. The minimum absolute atomic E-state index is 0.178. The van der Waals surface area contributed by atoms with Gasteiger partial charge in [-0.3, -0.25) is 0 Å². The van der Waals surface area contributed by atoms with Gasteiger partial charge < -0.3 is 0 Å². The largest absolute Gasteiger partial charge is 0.248 e. The van der Waals surface area contributed by atoms with Crippen LogP contribution in [0, 0.1) is 11.8 Å². The van der Waals surface area contributed by atoms with E-state index in [9.17, 15) is 8.78 Å². The monoisotopic (exact) mass is 187 g/mol. The third kappa shape index (κ3) is 3.49. The average molecular weight is 187 g/mol. The molecule has 0 N–H and O–H groups in total. The lowest BCUT2D eigenvalue weighted by Crippen LogP contribution is -1.94. The van der Waals surface area contributed by atoms with Gasteiger partial charge in [0.25, 0.3) is 0 Å². The van der Waals surface area contributed by atoms with Crippen LogP contribution in [0.2, 0.25) is 0 Å². The third-order valence-electron chi connectivity index (χ3n) is 1.48. The van der Waals surface area contributed by atoms with Crippen LogP contribution in [0.5, 0.6) is 0 Å². The van der Waals surface area contributed by atoms with Crippen molar-refractivity contribution in [2.24, 2.45) is 0 Å². The summed E-state index contributed by atoms with van der Waals surface area (Å²) in [6, 6.07) is 1.17. The average Bonchev–Trinajstić information content (AvgIpc) is 2.13. The zero-order chi connectivity index (χ0) is 10.4. The molecule has 0 aliphatic rings. The first-order chi connectivity index (χ1) is 6.11. The number of hydrogen-bond donors (Lipinski definition) is 0. The molecule has 0 spiro atoms. The molecule has 3 heteroatoms. The molecule has 0 saturated heterocycles. The lowest BCUT2D eigenvalue weighted by atomic mass is 10.1. The molecule has 74 valence electrons. The summed E-state index contributed by atoms with van der Waals surface area (Å²) in [5.41, 5.74) is 0.712. The molecule has 0 aromatic carbocycles. The topological polar surface area (TPSA) is 12.9 Å². The number of nitrogens with zero attached hydrogens (tertiary/aromatic N) is 1. The molecule has 0 unspecified atom stereocenters. The van der Waals surface area contributed by atoms with Crippen molar-refractivity contribution in [1.82, 2.24) is 4.98 Å². The van der Waals surface area contributed by atoms with Gasteiger partial charge in [-0.1, -0.05) is 27.7 Å². The molecule has 0 aliphatic heterocycles. The van der Waals surface area contributed by atoms with Crippen molar-refractivity contribution in [2.45, 2.75) is 33.6 Å². The van der Waals surface area contributed by atoms with Gasteiger partial charge in [-0.15, -0.1) is 0 Å². The van der Waals surface area contributed by atoms with Crippen molar-refractivity contribution in [3.8, 4) is 0 Å². The molecule has 0 bridgehead atoms. The van der Waals surface area contributed by atoms with Crippen molar-refractivity contribution in [2.75, 3.05) is 0 Å². The molecule has 13 heavy (non-hydrogen) atoms. The highest BCUT2D eigenvalue weighted by molar-refractivity contribution is 5.14. The fourth-order valence-electron chi connectivity index (χ4n) is 0.752. The molecule has 1 aromatic rings. The van der Waals surface area contributed by atoms with E-state index in [1.807, 2.05) is 27.7 Å². The summed E-state index contributed by atoms with van der Waals surface area (Å²) in [5, 5.41) is 0. The zero-order valence-corrected chi connectivity index (χ0v) is 8.44. The maximum absolute atomic E-state index is 12.5. The SMILES string of the molecule is CC.CC(C)c1cnc(F)c(F)c1. The predicted octanol–water partition coefficient (Wildman–Crippen LogP) is 3.51. The summed E-state index contributed by atoms with van der Waals surface area (Å²) in [6.45, 7) is 7.79. The molecule has 1 nitrogen and oxygen atoms in total. The van der Waals surface area contributed by atoms with Gasteiger partial charge in [-0.05, 0) is 17.5 Å². The lowest BCUT2D eigenvalue weighted by Gasteiger charge is -2.03. The molecule has 0 aliphatic carbocycles. The van der Waals surface area contributed by atoms with Crippen LogP contribution < -0.4 is 0 Å². The molecule has 1 rings (SSSR count). The van der Waals surface area contributed by atoms with Crippen LogP contribution in [-0.4, -0.2) is 4.98 Å². The first kappa shape index (κ1) is 12.0. The van der Waals surface area contributed by atoms with Crippen LogP contribution in [0.15, 0.2) is 12.3 Å². The van der Waals surface area contributed by atoms with Crippen molar-refractivity contribution in [1.29, 1.82) is 0 Å². The molecule has 0 saturated carbocycles. The third-order valence-corrected chi connectivity index (χ3v) is 1.48. The van der Waals surface area contributed by atoms with E-state index in [0.29, 0.717) is 5.56 Å². The number of aromatic nitrogens is 1. The minimum Gasteiger partial charge on any atom is -0.225 e. The van der Waals surface area contributed by atoms with Gasteiger partial charge in [0, 0.05) is 6.20 Å². The summed E-state index contributed by atoms with van der Waals surface area (Å²) < 4.78 is 24.8. The molecule has 0 atom stereocenters. The Morgan fingerprint density at radius 1 is 1.23 bits per heavy atom. The highest BCUT2D eigenvalue weighted by Gasteiger charge is 2.05. The normalized spacial score (nSPS) is 9.46. The van der Waals surface area contributed by atoms with Gasteiger partial charge in [0.1, 0.15) is 0 Å². The summed E-state index contributed by atoms with van der Waals surface area (Å²) in [4.78, 5) is 3.26. The highest BCUT2D eigenvalue weighted by atomic mass is 19.2. The van der Waals surface area contributed by atoms with Crippen molar-refractivity contribution < 1.29 is 8.78 Å². The van der Waals surface area contributed by atoms with Crippen molar-refractivity contribution in [3.63, 3.8) is 0 Å². The van der Waals surface area contributed by atoms with E-state index in [-0.39, 0.29) is 5.92 Å². The van der Waals surface area contributed by atoms with E-state index in [1.54, 1.807) is 0 Å². The first-order valence-corrected chi connectivity index (χ1v) is 4.42. The number of rotatable bonds is 1. The Balaban J connectivity index is 0.000000671. The summed E-state index contributed by atoms with van der Waals surface area (Å²) in [6.07, 6.45) is 1.35. The Hall–Kier alpha value is -0.990. The number of pyridine rings is 1. The van der Waals surface area contributed by atoms with E-state index >= 15 is 0 Å². The van der Waals surface area contributed by atoms with Crippen LogP contribution in [0.3, 0.4) is 0 Å². The molecule has 0 fully saturated rings. The highest BCUT2D eigenvalue weighted by Crippen LogP contribution is 2.14. The maximum atomic E-state index is 12.5. The van der Waals surface area contributed by atoms with E-state index < -0.39 is 11.8 Å². The van der Waals surface area contributed by atoms with Gasteiger partial charge in [-0.2, -0.15) is 4.39 Å². The van der Waals surface area contributed by atoms with Gasteiger partial charge in [0.15, 0.2) is 5.82 Å². The summed E-state index contributed by atoms with van der Waals surface area (Å²) in [5.74, 6) is -1.73. The second kappa shape index (κ2) is 5.62. The smallest absolute Gasteiger partial charge is 0.225 e. The summed E-state index contributed by atoms with van der Waals surface area (Å²) >= 11 is 0. The Kier molecular flexibility index (Phi) is 5.19. The van der Waals surface area contributed by atoms with Crippen LogP contribution in [0.1, 0.15) is 39.2 Å². The zero-order valence-electron chi connectivity index (χ0n) is 8.44. The quantitative estimate of drug-likeness (QED) is 0.613. The van der Waals surface area contributed by atoms with Gasteiger partial charge in [-0.25, -0.2) is 9.37 Å². The molecule has 0 amide bonds. The fraction of sp³-hybridized carbons (Fsp3) is 0.500. The maximum Gasteiger partial charge on any atom is 0.248 e. The minimum atomic E-state index is -1.03. The van der Waals surface area contributed by atoms with Crippen molar-refractivity contribution in [3.05, 3.63) is 29.6 Å². The predicted molar refractivity (Wildman–Crippen MR) is 49.6 cm³/mol. The molecule has 1 heterocycles. The van der Waals surface area contributed by atoms with E-state index in [4.69, 9.17) is 0 Å². The molecular formula is C10H15F2N. The number of hydrogen-bond acceptors (Lipinski definition) is 1. The van der Waals surface area contributed by atoms with Crippen LogP contribution in [0.25, 0.3) is 0 Å². The van der Waals surface area contributed by atoms with E-state index in [0.717, 1.165) is 0 Å². The summed E-state index contributed by atoms with van der Waals surface area (Å²) in [7, 11) is 0. The van der Waals surface area contributed by atoms with Gasteiger partial charge >= 0.3 is 0 Å². The molecule has 0 radical (unpaired) electrons. The lowest BCUT2D eigenvalue weighted by molar-refractivity contribution is 0.476. The van der Waals surface area contributed by atoms with Gasteiger partial charge in [0.05, 0.1) is 0 Å². The Morgan fingerprint density at radius 2 is 1.77 bits per heavy atom. The molecule has 1 aromatic heterocycles. The van der Waals surface area contributed by atoms with Crippen LogP contribution >= 0.6 is 0 Å². The second-order valence-electron chi connectivity index (χ2n) is 2.70. The molecular weight excluding hydrogens is 172 g/mol. The van der Waals surface area contributed by atoms with Crippen LogP contribution in [-0.2, 0) is 0 Å². The fourth-order valence-corrected chi connectivity index (χ4v) is 0.752. The van der Waals surface area contributed by atoms with Gasteiger partial charge in [0.2, 0.25) is 5.95 Å². The Labute approximate surface area is 77.8 Å². The van der Waals surface area contributed by atoms with E-state index in [2.05, 4.69) is 4.98 Å². The first-order valence-electron chi connectivity index (χ1n) is 4.42. The van der Waals surface area contributed by atoms with Crippen LogP contribution in [0.4, 0.5) is 8.78 Å².